The molecule has 1 unspecified atom stereocenters. The zero-order valence-electron chi connectivity index (χ0n) is 10.6. The molecule has 1 aromatic rings. The maximum Gasteiger partial charge on any atom is 0.224 e. The van der Waals surface area contributed by atoms with Crippen molar-refractivity contribution in [1.29, 1.82) is 0 Å². The monoisotopic (exact) mass is 244 g/mol. The number of carbonyl (C=O) groups is 1. The molecule has 1 amide bonds. The molecule has 2 fully saturated rings. The summed E-state index contributed by atoms with van der Waals surface area (Å²) in [5.74, 6) is 0.405. The SMILES string of the molecule is O=C1NCCC1C1(c2ccccc2)CCNCC1. The molecular weight excluding hydrogens is 224 g/mol. The fourth-order valence-corrected chi connectivity index (χ4v) is 3.60. The predicted octanol–water partition coefficient (Wildman–Crippen LogP) is 1.44. The van der Waals surface area contributed by atoms with Crippen LogP contribution in [-0.2, 0) is 10.2 Å². The van der Waals surface area contributed by atoms with Crippen LogP contribution in [0.2, 0.25) is 0 Å². The van der Waals surface area contributed by atoms with Crippen LogP contribution >= 0.6 is 0 Å². The summed E-state index contributed by atoms with van der Waals surface area (Å²) in [6.45, 7) is 2.86. The second-order valence-electron chi connectivity index (χ2n) is 5.40. The summed E-state index contributed by atoms with van der Waals surface area (Å²) in [6, 6.07) is 10.6. The van der Waals surface area contributed by atoms with Crippen LogP contribution in [0.4, 0.5) is 0 Å². The molecular formula is C15H20N2O. The summed E-state index contributed by atoms with van der Waals surface area (Å²) in [7, 11) is 0. The maximum absolute atomic E-state index is 12.1. The fourth-order valence-electron chi connectivity index (χ4n) is 3.60. The van der Waals surface area contributed by atoms with Gasteiger partial charge in [0.2, 0.25) is 5.91 Å². The molecule has 96 valence electrons. The standard InChI is InChI=1S/C15H20N2O/c18-14-13(6-9-17-14)15(7-10-16-11-8-15)12-4-2-1-3-5-12/h1-5,13,16H,6-11H2,(H,17,18). The Labute approximate surface area is 108 Å². The van der Waals surface area contributed by atoms with Gasteiger partial charge in [-0.2, -0.15) is 0 Å². The second-order valence-corrected chi connectivity index (χ2v) is 5.40. The van der Waals surface area contributed by atoms with Gasteiger partial charge in [-0.05, 0) is 37.9 Å². The van der Waals surface area contributed by atoms with E-state index < -0.39 is 0 Å². The lowest BCUT2D eigenvalue weighted by molar-refractivity contribution is -0.124. The number of amides is 1. The zero-order valence-corrected chi connectivity index (χ0v) is 10.6. The lowest BCUT2D eigenvalue weighted by Gasteiger charge is -2.41. The molecule has 1 aromatic carbocycles. The third-order valence-electron chi connectivity index (χ3n) is 4.56. The van der Waals surface area contributed by atoms with Gasteiger partial charge in [-0.25, -0.2) is 0 Å². The average Bonchev–Trinajstić information content (AvgIpc) is 2.87. The van der Waals surface area contributed by atoms with E-state index in [1.54, 1.807) is 0 Å². The van der Waals surface area contributed by atoms with Crippen LogP contribution in [0, 0.1) is 5.92 Å². The molecule has 18 heavy (non-hydrogen) atoms. The third kappa shape index (κ3) is 1.83. The fraction of sp³-hybridized carbons (Fsp3) is 0.533. The molecule has 3 heteroatoms. The molecule has 2 N–H and O–H groups in total. The van der Waals surface area contributed by atoms with Crippen LogP contribution in [0.3, 0.4) is 0 Å². The van der Waals surface area contributed by atoms with Gasteiger partial charge in [0, 0.05) is 17.9 Å². The number of rotatable bonds is 2. The number of benzene rings is 1. The Bertz CT molecular complexity index is 423. The van der Waals surface area contributed by atoms with Crippen molar-refractivity contribution < 1.29 is 4.79 Å². The number of piperidine rings is 1. The average molecular weight is 244 g/mol. The van der Waals surface area contributed by atoms with E-state index in [0.717, 1.165) is 38.9 Å². The molecule has 0 aromatic heterocycles. The lowest BCUT2D eigenvalue weighted by Crippen LogP contribution is -2.47. The molecule has 0 radical (unpaired) electrons. The van der Waals surface area contributed by atoms with Gasteiger partial charge in [-0.3, -0.25) is 4.79 Å². The van der Waals surface area contributed by atoms with E-state index in [0.29, 0.717) is 0 Å². The summed E-state index contributed by atoms with van der Waals surface area (Å²) < 4.78 is 0. The first-order valence-electron chi connectivity index (χ1n) is 6.87. The minimum atomic E-state index is 0.0487. The topological polar surface area (TPSA) is 41.1 Å². The van der Waals surface area contributed by atoms with E-state index in [1.807, 2.05) is 6.07 Å². The number of hydrogen-bond acceptors (Lipinski definition) is 2. The molecule has 0 saturated carbocycles. The highest BCUT2D eigenvalue weighted by atomic mass is 16.2. The van der Waals surface area contributed by atoms with Gasteiger partial charge in [0.1, 0.15) is 0 Å². The van der Waals surface area contributed by atoms with E-state index in [2.05, 4.69) is 34.9 Å². The number of nitrogens with one attached hydrogen (secondary N) is 2. The van der Waals surface area contributed by atoms with Crippen LogP contribution in [0.15, 0.2) is 30.3 Å². The molecule has 0 spiro atoms. The van der Waals surface area contributed by atoms with Crippen molar-refractivity contribution in [2.45, 2.75) is 24.7 Å². The summed E-state index contributed by atoms with van der Waals surface area (Å²) in [6.07, 6.45) is 3.11. The second kappa shape index (κ2) is 4.73. The first-order valence-corrected chi connectivity index (χ1v) is 6.87. The first kappa shape index (κ1) is 11.7. The molecule has 0 aliphatic carbocycles. The van der Waals surface area contributed by atoms with E-state index >= 15 is 0 Å². The van der Waals surface area contributed by atoms with Crippen molar-refractivity contribution in [3.05, 3.63) is 35.9 Å². The number of hydrogen-bond donors (Lipinski definition) is 2. The van der Waals surface area contributed by atoms with Crippen molar-refractivity contribution >= 4 is 5.91 Å². The van der Waals surface area contributed by atoms with Crippen LogP contribution in [0.5, 0.6) is 0 Å². The Hall–Kier alpha value is -1.35. The number of carbonyl (C=O) groups excluding carboxylic acids is 1. The van der Waals surface area contributed by atoms with E-state index in [-0.39, 0.29) is 17.2 Å². The maximum atomic E-state index is 12.1. The van der Waals surface area contributed by atoms with Gasteiger partial charge >= 0.3 is 0 Å². The summed E-state index contributed by atoms with van der Waals surface area (Å²) in [5.41, 5.74) is 1.39. The van der Waals surface area contributed by atoms with E-state index in [9.17, 15) is 4.79 Å². The lowest BCUT2D eigenvalue weighted by atomic mass is 9.64. The Morgan fingerprint density at radius 1 is 1.06 bits per heavy atom. The van der Waals surface area contributed by atoms with Gasteiger partial charge in [-0.1, -0.05) is 30.3 Å². The molecule has 2 aliphatic rings. The highest BCUT2D eigenvalue weighted by Crippen LogP contribution is 2.43. The van der Waals surface area contributed by atoms with E-state index in [1.165, 1.54) is 5.56 Å². The Balaban J connectivity index is 2.00. The smallest absolute Gasteiger partial charge is 0.224 e. The van der Waals surface area contributed by atoms with Gasteiger partial charge in [0.05, 0.1) is 0 Å². The Morgan fingerprint density at radius 2 is 1.78 bits per heavy atom. The summed E-state index contributed by atoms with van der Waals surface area (Å²) in [4.78, 5) is 12.1. The first-order chi connectivity index (χ1) is 8.83. The molecule has 0 bridgehead atoms. The van der Waals surface area contributed by atoms with Gasteiger partial charge < -0.3 is 10.6 Å². The van der Waals surface area contributed by atoms with E-state index in [4.69, 9.17) is 0 Å². The van der Waals surface area contributed by atoms with Crippen molar-refractivity contribution in [2.24, 2.45) is 5.92 Å². The van der Waals surface area contributed by atoms with Crippen LogP contribution < -0.4 is 10.6 Å². The molecule has 2 aliphatic heterocycles. The minimum Gasteiger partial charge on any atom is -0.356 e. The highest BCUT2D eigenvalue weighted by molar-refractivity contribution is 5.82. The van der Waals surface area contributed by atoms with Gasteiger partial charge in [-0.15, -0.1) is 0 Å². The summed E-state index contributed by atoms with van der Waals surface area (Å²) >= 11 is 0. The van der Waals surface area contributed by atoms with Gasteiger partial charge in [0.15, 0.2) is 0 Å². The van der Waals surface area contributed by atoms with Crippen LogP contribution in [0.1, 0.15) is 24.8 Å². The molecule has 2 heterocycles. The molecule has 1 atom stereocenters. The third-order valence-corrected chi connectivity index (χ3v) is 4.56. The Kier molecular flexibility index (Phi) is 3.08. The van der Waals surface area contributed by atoms with Crippen molar-refractivity contribution in [3.8, 4) is 0 Å². The van der Waals surface area contributed by atoms with Crippen LogP contribution in [0.25, 0.3) is 0 Å². The highest BCUT2D eigenvalue weighted by Gasteiger charge is 2.46. The Morgan fingerprint density at radius 3 is 2.39 bits per heavy atom. The minimum absolute atomic E-state index is 0.0487. The normalized spacial score (nSPS) is 26.9. The van der Waals surface area contributed by atoms with Gasteiger partial charge in [0.25, 0.3) is 0 Å². The van der Waals surface area contributed by atoms with Crippen LogP contribution in [-0.4, -0.2) is 25.5 Å². The predicted molar refractivity (Wildman–Crippen MR) is 71.3 cm³/mol. The zero-order chi connectivity index (χ0) is 12.4. The van der Waals surface area contributed by atoms with Crippen molar-refractivity contribution in [1.82, 2.24) is 10.6 Å². The molecule has 2 saturated heterocycles. The molecule has 3 rings (SSSR count). The quantitative estimate of drug-likeness (QED) is 0.826. The largest absolute Gasteiger partial charge is 0.356 e. The van der Waals surface area contributed by atoms with Crippen molar-refractivity contribution in [2.75, 3.05) is 19.6 Å². The summed E-state index contributed by atoms with van der Waals surface area (Å²) in [5, 5.41) is 6.42. The molecule has 3 nitrogen and oxygen atoms in total. The van der Waals surface area contributed by atoms with Crippen molar-refractivity contribution in [3.63, 3.8) is 0 Å².